The Balaban J connectivity index is 1.46. The van der Waals surface area contributed by atoms with Crippen LogP contribution in [-0.4, -0.2) is 44.4 Å². The molecule has 2 aromatic rings. The fourth-order valence-electron chi connectivity index (χ4n) is 3.91. The Labute approximate surface area is 140 Å². The van der Waals surface area contributed by atoms with Crippen LogP contribution in [0, 0.1) is 0 Å². The standard InChI is InChI=1S/C18H22N4O2/c23-17(10-13-5-6-14-3-1-4-15(14)9-13)22-8-2-7-18(24,12-22)16-11-19-21-20-16/h5-6,9,11,24H,1-4,7-8,10,12H2,(H,19,20,21)/t18-/m1/s1. The van der Waals surface area contributed by atoms with Gasteiger partial charge in [-0.25, -0.2) is 0 Å². The summed E-state index contributed by atoms with van der Waals surface area (Å²) >= 11 is 0. The van der Waals surface area contributed by atoms with Gasteiger partial charge in [0.05, 0.1) is 19.2 Å². The number of benzene rings is 1. The second-order valence-electron chi connectivity index (χ2n) is 6.94. The minimum absolute atomic E-state index is 0.0644. The topological polar surface area (TPSA) is 82.1 Å². The predicted molar refractivity (Wildman–Crippen MR) is 88.3 cm³/mol. The second-order valence-corrected chi connectivity index (χ2v) is 6.94. The van der Waals surface area contributed by atoms with Gasteiger partial charge in [0.25, 0.3) is 0 Å². The number of fused-ring (bicyclic) bond motifs is 1. The van der Waals surface area contributed by atoms with Crippen molar-refractivity contribution in [2.24, 2.45) is 0 Å². The van der Waals surface area contributed by atoms with Crippen LogP contribution in [0.5, 0.6) is 0 Å². The van der Waals surface area contributed by atoms with Gasteiger partial charge in [-0.2, -0.15) is 15.4 Å². The minimum Gasteiger partial charge on any atom is -0.382 e. The summed E-state index contributed by atoms with van der Waals surface area (Å²) in [6.45, 7) is 0.966. The molecule has 0 spiro atoms. The van der Waals surface area contributed by atoms with Crippen molar-refractivity contribution >= 4 is 5.91 Å². The third-order valence-electron chi connectivity index (χ3n) is 5.23. The van der Waals surface area contributed by atoms with Crippen molar-refractivity contribution in [2.45, 2.75) is 44.1 Å². The number of β-amino-alcohol motifs (C(OH)–C–C–N with tert-alkyl or cyclic N) is 1. The molecule has 1 amide bonds. The van der Waals surface area contributed by atoms with E-state index in [2.05, 4.69) is 33.6 Å². The molecule has 6 heteroatoms. The number of aromatic nitrogens is 3. The molecule has 6 nitrogen and oxygen atoms in total. The number of aryl methyl sites for hydroxylation is 2. The molecule has 1 saturated heterocycles. The molecule has 1 aromatic carbocycles. The summed E-state index contributed by atoms with van der Waals surface area (Å²) < 4.78 is 0. The van der Waals surface area contributed by atoms with Crippen molar-refractivity contribution in [1.82, 2.24) is 20.3 Å². The summed E-state index contributed by atoms with van der Waals surface area (Å²) in [5, 5.41) is 21.1. The Morgan fingerprint density at radius 1 is 1.29 bits per heavy atom. The van der Waals surface area contributed by atoms with Gasteiger partial charge in [-0.1, -0.05) is 18.2 Å². The molecule has 0 radical (unpaired) electrons. The number of aliphatic hydroxyl groups is 1. The molecule has 1 aliphatic carbocycles. The normalized spacial score (nSPS) is 23.3. The van der Waals surface area contributed by atoms with Crippen molar-refractivity contribution < 1.29 is 9.90 Å². The van der Waals surface area contributed by atoms with Crippen LogP contribution in [0.2, 0.25) is 0 Å². The number of carbonyl (C=O) groups excluding carboxylic acids is 1. The van der Waals surface area contributed by atoms with E-state index in [1.54, 1.807) is 4.90 Å². The fourth-order valence-corrected chi connectivity index (χ4v) is 3.91. The van der Waals surface area contributed by atoms with E-state index in [1.807, 2.05) is 0 Å². The summed E-state index contributed by atoms with van der Waals surface area (Å²) in [7, 11) is 0. The van der Waals surface area contributed by atoms with Crippen LogP contribution in [0.15, 0.2) is 24.4 Å². The Morgan fingerprint density at radius 2 is 2.17 bits per heavy atom. The highest BCUT2D eigenvalue weighted by Crippen LogP contribution is 2.30. The molecular weight excluding hydrogens is 304 g/mol. The molecule has 2 heterocycles. The number of nitrogens with zero attached hydrogens (tertiary/aromatic N) is 3. The number of aromatic amines is 1. The van der Waals surface area contributed by atoms with E-state index >= 15 is 0 Å². The molecule has 1 fully saturated rings. The van der Waals surface area contributed by atoms with E-state index in [1.165, 1.54) is 23.7 Å². The number of hydrogen-bond acceptors (Lipinski definition) is 4. The van der Waals surface area contributed by atoms with Gasteiger partial charge in [0.15, 0.2) is 0 Å². The van der Waals surface area contributed by atoms with Gasteiger partial charge in [-0.05, 0) is 48.8 Å². The van der Waals surface area contributed by atoms with E-state index in [4.69, 9.17) is 0 Å². The first-order valence-corrected chi connectivity index (χ1v) is 8.61. The Hall–Kier alpha value is -2.21. The van der Waals surface area contributed by atoms with Gasteiger partial charge in [-0.3, -0.25) is 4.79 Å². The van der Waals surface area contributed by atoms with E-state index < -0.39 is 5.60 Å². The van der Waals surface area contributed by atoms with E-state index in [9.17, 15) is 9.90 Å². The monoisotopic (exact) mass is 326 g/mol. The SMILES string of the molecule is O=C(Cc1ccc2c(c1)CCC2)N1CCC[C@](O)(c2cn[nH]n2)C1. The van der Waals surface area contributed by atoms with Crippen LogP contribution >= 0.6 is 0 Å². The highest BCUT2D eigenvalue weighted by atomic mass is 16.3. The van der Waals surface area contributed by atoms with Crippen LogP contribution in [-0.2, 0) is 29.7 Å². The second kappa shape index (κ2) is 6.02. The Morgan fingerprint density at radius 3 is 3.00 bits per heavy atom. The molecule has 24 heavy (non-hydrogen) atoms. The van der Waals surface area contributed by atoms with Crippen molar-refractivity contribution in [1.29, 1.82) is 0 Å². The summed E-state index contributed by atoms with van der Waals surface area (Å²) in [5.74, 6) is 0.0644. The Bertz CT molecular complexity index is 743. The van der Waals surface area contributed by atoms with Crippen molar-refractivity contribution in [3.8, 4) is 0 Å². The number of amides is 1. The van der Waals surface area contributed by atoms with Gasteiger partial charge in [-0.15, -0.1) is 0 Å². The summed E-state index contributed by atoms with van der Waals surface area (Å²) in [6, 6.07) is 6.40. The zero-order valence-electron chi connectivity index (χ0n) is 13.7. The number of hydrogen-bond donors (Lipinski definition) is 2. The third kappa shape index (κ3) is 2.82. The van der Waals surface area contributed by atoms with Crippen molar-refractivity contribution in [2.75, 3.05) is 13.1 Å². The van der Waals surface area contributed by atoms with Crippen molar-refractivity contribution in [3.05, 3.63) is 46.8 Å². The number of H-pyrrole nitrogens is 1. The quantitative estimate of drug-likeness (QED) is 0.892. The molecule has 1 atom stereocenters. The molecule has 4 rings (SSSR count). The molecule has 0 bridgehead atoms. The molecule has 2 N–H and O–H groups in total. The smallest absolute Gasteiger partial charge is 0.227 e. The summed E-state index contributed by atoms with van der Waals surface area (Å²) in [4.78, 5) is 14.5. The zero-order chi connectivity index (χ0) is 16.6. The number of nitrogens with one attached hydrogen (secondary N) is 1. The molecule has 126 valence electrons. The summed E-state index contributed by atoms with van der Waals surface area (Å²) in [5.41, 5.74) is 3.29. The van der Waals surface area contributed by atoms with Gasteiger partial charge in [0, 0.05) is 6.54 Å². The zero-order valence-corrected chi connectivity index (χ0v) is 13.7. The molecule has 0 saturated carbocycles. The molecule has 0 unspecified atom stereocenters. The first-order chi connectivity index (χ1) is 11.6. The average molecular weight is 326 g/mol. The maximum absolute atomic E-state index is 12.7. The first-order valence-electron chi connectivity index (χ1n) is 8.61. The Kier molecular flexibility index (Phi) is 3.84. The highest BCUT2D eigenvalue weighted by molar-refractivity contribution is 5.79. The first kappa shape index (κ1) is 15.3. The van der Waals surface area contributed by atoms with Gasteiger partial charge in [0.2, 0.25) is 5.91 Å². The molecular formula is C18H22N4O2. The number of piperidine rings is 1. The van der Waals surface area contributed by atoms with E-state index in [0.717, 1.165) is 24.8 Å². The van der Waals surface area contributed by atoms with Crippen LogP contribution in [0.3, 0.4) is 0 Å². The highest BCUT2D eigenvalue weighted by Gasteiger charge is 2.38. The molecule has 1 aromatic heterocycles. The average Bonchev–Trinajstić information content (AvgIpc) is 3.26. The minimum atomic E-state index is -1.10. The van der Waals surface area contributed by atoms with E-state index in [-0.39, 0.29) is 12.5 Å². The number of carbonyl (C=O) groups is 1. The lowest BCUT2D eigenvalue weighted by atomic mass is 9.89. The largest absolute Gasteiger partial charge is 0.382 e. The van der Waals surface area contributed by atoms with E-state index in [0.29, 0.717) is 25.1 Å². The molecule has 1 aliphatic heterocycles. The van der Waals surface area contributed by atoms with Gasteiger partial charge >= 0.3 is 0 Å². The van der Waals surface area contributed by atoms with Crippen LogP contribution in [0.4, 0.5) is 0 Å². The predicted octanol–water partition coefficient (Wildman–Crippen LogP) is 1.35. The maximum atomic E-state index is 12.7. The van der Waals surface area contributed by atoms with Crippen molar-refractivity contribution in [3.63, 3.8) is 0 Å². The van der Waals surface area contributed by atoms with Crippen LogP contribution < -0.4 is 0 Å². The molecule has 2 aliphatic rings. The van der Waals surface area contributed by atoms with Gasteiger partial charge < -0.3 is 10.0 Å². The maximum Gasteiger partial charge on any atom is 0.227 e. The lowest BCUT2D eigenvalue weighted by Crippen LogP contribution is -2.49. The third-order valence-corrected chi connectivity index (χ3v) is 5.23. The number of likely N-dealkylation sites (tertiary alicyclic amines) is 1. The van der Waals surface area contributed by atoms with Gasteiger partial charge in [0.1, 0.15) is 11.3 Å². The number of rotatable bonds is 3. The lowest BCUT2D eigenvalue weighted by Gasteiger charge is -2.38. The summed E-state index contributed by atoms with van der Waals surface area (Å²) in [6.07, 6.45) is 6.77. The van der Waals surface area contributed by atoms with Crippen LogP contribution in [0.1, 0.15) is 41.6 Å². The van der Waals surface area contributed by atoms with Crippen LogP contribution in [0.25, 0.3) is 0 Å². The fraction of sp³-hybridized carbons (Fsp3) is 0.500. The lowest BCUT2D eigenvalue weighted by molar-refractivity contribution is -0.138.